The smallest absolute Gasteiger partial charge is 0.294 e. The zero-order valence-corrected chi connectivity index (χ0v) is 29.8. The van der Waals surface area contributed by atoms with Crippen molar-refractivity contribution in [3.63, 3.8) is 0 Å². The molecule has 0 saturated carbocycles. The molecule has 3 atom stereocenters. The number of para-hydroxylation sites is 1. The third-order valence-corrected chi connectivity index (χ3v) is 9.32. The quantitative estimate of drug-likeness (QED) is 0.0626. The number of amides is 1. The van der Waals surface area contributed by atoms with Crippen molar-refractivity contribution in [2.24, 2.45) is 5.92 Å². The van der Waals surface area contributed by atoms with Crippen molar-refractivity contribution in [1.82, 2.24) is 4.90 Å². The van der Waals surface area contributed by atoms with E-state index in [2.05, 4.69) is 10.9 Å². The Morgan fingerprint density at radius 2 is 1.63 bits per heavy atom. The molecule has 1 aliphatic heterocycles. The van der Waals surface area contributed by atoms with E-state index in [0.29, 0.717) is 52.2 Å². The normalized spacial score (nSPS) is 17.1. The van der Waals surface area contributed by atoms with Gasteiger partial charge < -0.3 is 38.5 Å². The molecule has 52 heavy (non-hydrogen) atoms. The Morgan fingerprint density at radius 3 is 2.40 bits per heavy atom. The molecule has 1 fully saturated rings. The Morgan fingerprint density at radius 1 is 0.865 bits per heavy atom. The van der Waals surface area contributed by atoms with E-state index in [9.17, 15) is 20.0 Å². The number of aliphatic hydroxyl groups is 1. The van der Waals surface area contributed by atoms with Crippen LogP contribution in [0.1, 0.15) is 48.3 Å². The molecule has 1 amide bonds. The van der Waals surface area contributed by atoms with E-state index in [1.54, 1.807) is 19.1 Å². The number of aliphatic hydroxyl groups excluding tert-OH is 1. The number of piperidine rings is 1. The van der Waals surface area contributed by atoms with Crippen molar-refractivity contribution in [2.75, 3.05) is 53.7 Å². The maximum atomic E-state index is 13.3. The zero-order valence-electron chi connectivity index (χ0n) is 29.8. The van der Waals surface area contributed by atoms with Crippen molar-refractivity contribution in [1.29, 1.82) is 0 Å². The summed E-state index contributed by atoms with van der Waals surface area (Å²) in [6, 6.07) is 27.7. The second-order valence-corrected chi connectivity index (χ2v) is 12.8. The lowest BCUT2D eigenvalue weighted by molar-refractivity contribution is -0.757. The van der Waals surface area contributed by atoms with Crippen LogP contribution < -0.4 is 14.2 Å². The molecule has 0 aromatic heterocycles. The molecule has 12 heteroatoms. The SMILES string of the molecule is COc1ccccc1COCCCOc1ccc(C2C(CO)CN(C(=O)CCCCO[N+](=O)[O-])CC2OCc2cc(OC)c3ccccc3c2)cc1. The van der Waals surface area contributed by atoms with Gasteiger partial charge in [0.25, 0.3) is 5.09 Å². The Bertz CT molecular complexity index is 1730. The first-order valence-corrected chi connectivity index (χ1v) is 17.7. The fourth-order valence-electron chi connectivity index (χ4n) is 6.73. The van der Waals surface area contributed by atoms with E-state index in [-0.39, 0.29) is 44.0 Å². The second-order valence-electron chi connectivity index (χ2n) is 12.8. The van der Waals surface area contributed by atoms with E-state index in [1.807, 2.05) is 78.9 Å². The van der Waals surface area contributed by atoms with E-state index in [0.717, 1.165) is 44.7 Å². The van der Waals surface area contributed by atoms with Crippen LogP contribution in [-0.4, -0.2) is 80.8 Å². The van der Waals surface area contributed by atoms with Gasteiger partial charge in [0.05, 0.1) is 53.4 Å². The number of fused-ring (bicyclic) bond motifs is 1. The van der Waals surface area contributed by atoms with Crippen LogP contribution in [0, 0.1) is 16.0 Å². The Balaban J connectivity index is 1.23. The van der Waals surface area contributed by atoms with Gasteiger partial charge in [0.1, 0.15) is 17.2 Å². The number of methoxy groups -OCH3 is 2. The van der Waals surface area contributed by atoms with Crippen LogP contribution in [0.15, 0.2) is 84.9 Å². The summed E-state index contributed by atoms with van der Waals surface area (Å²) in [5.74, 6) is 1.72. The molecule has 5 rings (SSSR count). The van der Waals surface area contributed by atoms with Crippen LogP contribution in [0.2, 0.25) is 0 Å². The van der Waals surface area contributed by atoms with Crippen molar-refractivity contribution >= 4 is 16.7 Å². The number of carbonyl (C=O) groups excluding carboxylic acids is 1. The summed E-state index contributed by atoms with van der Waals surface area (Å²) >= 11 is 0. The first-order valence-electron chi connectivity index (χ1n) is 17.7. The number of likely N-dealkylation sites (tertiary alicyclic amines) is 1. The predicted molar refractivity (Wildman–Crippen MR) is 195 cm³/mol. The molecule has 278 valence electrons. The number of rotatable bonds is 20. The third-order valence-electron chi connectivity index (χ3n) is 9.32. The molecule has 3 unspecified atom stereocenters. The minimum atomic E-state index is -0.828. The van der Waals surface area contributed by atoms with Gasteiger partial charge >= 0.3 is 0 Å². The van der Waals surface area contributed by atoms with Crippen molar-refractivity contribution < 1.29 is 43.5 Å². The number of hydrogen-bond acceptors (Lipinski definition) is 10. The summed E-state index contributed by atoms with van der Waals surface area (Å²) < 4.78 is 29.5. The van der Waals surface area contributed by atoms with Gasteiger partial charge in [0.15, 0.2) is 0 Å². The summed E-state index contributed by atoms with van der Waals surface area (Å²) in [6.45, 7) is 2.28. The highest BCUT2D eigenvalue weighted by Gasteiger charge is 2.40. The highest BCUT2D eigenvalue weighted by Crippen LogP contribution is 2.37. The molecule has 1 heterocycles. The van der Waals surface area contributed by atoms with Crippen molar-refractivity contribution in [3.05, 3.63) is 112 Å². The van der Waals surface area contributed by atoms with Crippen LogP contribution in [0.25, 0.3) is 10.8 Å². The lowest BCUT2D eigenvalue weighted by Gasteiger charge is -2.43. The summed E-state index contributed by atoms with van der Waals surface area (Å²) in [5.41, 5.74) is 2.91. The van der Waals surface area contributed by atoms with Crippen molar-refractivity contribution in [2.45, 2.75) is 50.9 Å². The zero-order chi connectivity index (χ0) is 36.7. The predicted octanol–water partition coefficient (Wildman–Crippen LogP) is 6.34. The molecule has 1 aliphatic rings. The van der Waals surface area contributed by atoms with Crippen LogP contribution in [-0.2, 0) is 32.3 Å². The van der Waals surface area contributed by atoms with E-state index >= 15 is 0 Å². The third kappa shape index (κ3) is 10.6. The van der Waals surface area contributed by atoms with E-state index in [1.165, 1.54) is 0 Å². The molecule has 1 saturated heterocycles. The Hall–Kier alpha value is -4.91. The topological polar surface area (TPSA) is 139 Å². The van der Waals surface area contributed by atoms with Crippen LogP contribution in [0.3, 0.4) is 0 Å². The molecule has 4 aromatic rings. The molecule has 1 N–H and O–H groups in total. The van der Waals surface area contributed by atoms with Gasteiger partial charge in [0.2, 0.25) is 5.91 Å². The van der Waals surface area contributed by atoms with Gasteiger partial charge in [-0.3, -0.25) is 4.79 Å². The van der Waals surface area contributed by atoms with Gasteiger partial charge in [0, 0.05) is 55.3 Å². The molecule has 0 aliphatic carbocycles. The largest absolute Gasteiger partial charge is 0.496 e. The van der Waals surface area contributed by atoms with Gasteiger partial charge in [-0.15, -0.1) is 10.1 Å². The van der Waals surface area contributed by atoms with Crippen LogP contribution in [0.4, 0.5) is 0 Å². The average Bonchev–Trinajstić information content (AvgIpc) is 3.17. The van der Waals surface area contributed by atoms with Crippen molar-refractivity contribution in [3.8, 4) is 17.2 Å². The summed E-state index contributed by atoms with van der Waals surface area (Å²) in [6.07, 6.45) is 1.36. The van der Waals surface area contributed by atoms with Gasteiger partial charge in [-0.1, -0.05) is 54.6 Å². The van der Waals surface area contributed by atoms with Gasteiger partial charge in [-0.25, -0.2) is 0 Å². The first-order chi connectivity index (χ1) is 25.4. The average molecular weight is 717 g/mol. The number of ether oxygens (including phenoxy) is 5. The van der Waals surface area contributed by atoms with E-state index in [4.69, 9.17) is 23.7 Å². The maximum Gasteiger partial charge on any atom is 0.294 e. The fourth-order valence-corrected chi connectivity index (χ4v) is 6.73. The molecule has 12 nitrogen and oxygen atoms in total. The highest BCUT2D eigenvalue weighted by molar-refractivity contribution is 5.89. The molecular weight excluding hydrogens is 668 g/mol. The Labute approximate surface area is 304 Å². The van der Waals surface area contributed by atoms with Crippen LogP contribution >= 0.6 is 0 Å². The molecule has 4 aromatic carbocycles. The van der Waals surface area contributed by atoms with Gasteiger partial charge in [-0.05, 0) is 59.7 Å². The lowest BCUT2D eigenvalue weighted by atomic mass is 9.78. The number of carbonyl (C=O) groups is 1. The second kappa shape index (κ2) is 19.6. The number of nitrogens with zero attached hydrogens (tertiary/aromatic N) is 2. The minimum Gasteiger partial charge on any atom is -0.496 e. The molecule has 0 spiro atoms. The molecule has 0 radical (unpaired) electrons. The number of benzene rings is 4. The standard InChI is InChI=1S/C40H48N2O10/c1-47-36-13-6-4-11-32(36)28-49-19-9-20-50-34-17-15-30(16-18-34)40-33(26-43)24-41(39(44)14-7-8-21-52-42(45)46)25-38(40)51-27-29-22-31-10-3-5-12-35(31)37(23-29)48-2/h3-6,10-13,15-18,22-23,33,38,40,43H,7-9,14,19-21,24-28H2,1-2H3. The minimum absolute atomic E-state index is 0.0556. The molecule has 0 bridgehead atoms. The van der Waals surface area contributed by atoms with E-state index < -0.39 is 11.2 Å². The number of unbranched alkanes of at least 4 members (excludes halogenated alkanes) is 1. The molecular formula is C40H48N2O10. The van der Waals surface area contributed by atoms with Gasteiger partial charge in [-0.2, -0.15) is 0 Å². The maximum absolute atomic E-state index is 13.3. The van der Waals surface area contributed by atoms with Crippen LogP contribution in [0.5, 0.6) is 17.2 Å². The highest BCUT2D eigenvalue weighted by atomic mass is 16.9. The summed E-state index contributed by atoms with van der Waals surface area (Å²) in [4.78, 5) is 29.9. The lowest BCUT2D eigenvalue weighted by Crippen LogP contribution is -2.52. The first kappa shape index (κ1) is 38.3. The Kier molecular flexibility index (Phi) is 14.5. The summed E-state index contributed by atoms with van der Waals surface area (Å²) in [7, 11) is 3.29. The summed E-state index contributed by atoms with van der Waals surface area (Å²) in [5, 5.41) is 22.3. The fraction of sp³-hybridized carbons (Fsp3) is 0.425. The monoisotopic (exact) mass is 716 g/mol. The number of hydrogen-bond donors (Lipinski definition) is 1.